The average molecular weight is 517 g/mol. The van der Waals surface area contributed by atoms with Gasteiger partial charge in [0.1, 0.15) is 11.9 Å². The molecular weight excluding hydrogens is 493 g/mol. The van der Waals surface area contributed by atoms with Gasteiger partial charge in [-0.25, -0.2) is 8.42 Å². The highest BCUT2D eigenvalue weighted by atomic mass is 32.2. The molecule has 0 bridgehead atoms. The number of H-pyrrole nitrogens is 1. The molecule has 2 aromatic carbocycles. The lowest BCUT2D eigenvalue weighted by Gasteiger charge is -2.34. The Morgan fingerprint density at radius 1 is 1.08 bits per heavy atom. The number of halogens is 3. The molecule has 1 fully saturated rings. The molecular formula is C25H23F3N4O3S. The topological polar surface area (TPSA) is 88.2 Å². The molecule has 36 heavy (non-hydrogen) atoms. The Morgan fingerprint density at radius 2 is 1.86 bits per heavy atom. The molecule has 5 rings (SSSR count). The predicted octanol–water partition coefficient (Wildman–Crippen LogP) is 5.10. The van der Waals surface area contributed by atoms with Gasteiger partial charge in [0, 0.05) is 61.2 Å². The van der Waals surface area contributed by atoms with Crippen molar-refractivity contribution >= 4 is 26.4 Å². The van der Waals surface area contributed by atoms with Crippen LogP contribution in [0.15, 0.2) is 65.8 Å². The van der Waals surface area contributed by atoms with Gasteiger partial charge in [-0.15, -0.1) is 0 Å². The molecule has 2 aromatic heterocycles. The molecule has 1 saturated heterocycles. The lowest BCUT2D eigenvalue weighted by atomic mass is 10.0. The molecule has 0 unspecified atom stereocenters. The van der Waals surface area contributed by atoms with Gasteiger partial charge in [0.25, 0.3) is 0 Å². The maximum absolute atomic E-state index is 13.4. The van der Waals surface area contributed by atoms with Crippen LogP contribution < -0.4 is 9.64 Å². The third kappa shape index (κ3) is 4.88. The van der Waals surface area contributed by atoms with E-state index in [1.54, 1.807) is 36.5 Å². The summed E-state index contributed by atoms with van der Waals surface area (Å²) < 4.78 is 69.8. The first-order chi connectivity index (χ1) is 17.1. The zero-order valence-corrected chi connectivity index (χ0v) is 20.1. The Morgan fingerprint density at radius 3 is 2.58 bits per heavy atom. The molecule has 0 saturated carbocycles. The number of fused-ring (bicyclic) bond motifs is 1. The molecule has 0 aliphatic carbocycles. The van der Waals surface area contributed by atoms with E-state index in [2.05, 4.69) is 20.1 Å². The number of nitrogens with one attached hydrogen (secondary N) is 1. The van der Waals surface area contributed by atoms with Crippen LogP contribution in [0.2, 0.25) is 0 Å². The summed E-state index contributed by atoms with van der Waals surface area (Å²) in [5.41, 5.74) is 1.01. The van der Waals surface area contributed by atoms with Crippen LogP contribution in [0.25, 0.3) is 22.0 Å². The SMILES string of the molecule is CS(=O)(=O)c1cccc(OC2CCN(c3ccnc4ccc(-c5c[nH]nc5C(F)(F)F)cc34)CC2)c1. The van der Waals surface area contributed by atoms with Crippen LogP contribution in [-0.4, -0.2) is 49.0 Å². The first-order valence-electron chi connectivity index (χ1n) is 11.3. The van der Waals surface area contributed by atoms with Gasteiger partial charge >= 0.3 is 6.18 Å². The Bertz CT molecular complexity index is 1510. The Kier molecular flexibility index (Phi) is 6.11. The highest BCUT2D eigenvalue weighted by Gasteiger charge is 2.36. The second-order valence-corrected chi connectivity index (χ2v) is 10.8. The predicted molar refractivity (Wildman–Crippen MR) is 130 cm³/mol. The number of sulfone groups is 1. The number of anilines is 1. The Labute approximate surface area is 205 Å². The number of rotatable bonds is 5. The normalized spacial score (nSPS) is 15.4. The van der Waals surface area contributed by atoms with Gasteiger partial charge in [0.15, 0.2) is 15.5 Å². The minimum atomic E-state index is -4.56. The van der Waals surface area contributed by atoms with Gasteiger partial charge < -0.3 is 9.64 Å². The van der Waals surface area contributed by atoms with Crippen molar-refractivity contribution in [3.8, 4) is 16.9 Å². The van der Waals surface area contributed by atoms with Crippen LogP contribution in [0, 0.1) is 0 Å². The van der Waals surface area contributed by atoms with E-state index in [0.29, 0.717) is 42.8 Å². The standard InChI is InChI=1S/C25H23F3N4O3S/c1-36(33,34)19-4-2-3-18(14-19)35-17-8-11-32(12-9-17)23-7-10-29-22-6-5-16(13-20(22)23)21-15-30-31-24(21)25(26,27)28/h2-7,10,13-15,17H,8-9,11-12H2,1H3,(H,30,31). The Balaban J connectivity index is 1.36. The molecule has 0 amide bonds. The first kappa shape index (κ1) is 24.1. The van der Waals surface area contributed by atoms with E-state index in [4.69, 9.17) is 4.74 Å². The molecule has 0 spiro atoms. The van der Waals surface area contributed by atoms with E-state index < -0.39 is 21.7 Å². The molecule has 0 radical (unpaired) electrons. The Hall–Kier alpha value is -3.60. The third-order valence-electron chi connectivity index (χ3n) is 6.26. The molecule has 7 nitrogen and oxygen atoms in total. The summed E-state index contributed by atoms with van der Waals surface area (Å²) in [4.78, 5) is 6.76. The van der Waals surface area contributed by atoms with Gasteiger partial charge in [-0.05, 0) is 42.0 Å². The second-order valence-electron chi connectivity index (χ2n) is 8.76. The molecule has 188 valence electrons. The molecule has 3 heterocycles. The average Bonchev–Trinajstić information content (AvgIpc) is 3.35. The number of hydrogen-bond acceptors (Lipinski definition) is 6. The van der Waals surface area contributed by atoms with Crippen molar-refractivity contribution in [3.05, 3.63) is 66.6 Å². The minimum Gasteiger partial charge on any atom is -0.490 e. The minimum absolute atomic E-state index is 0.0114. The van der Waals surface area contributed by atoms with Crippen molar-refractivity contribution < 1.29 is 26.3 Å². The van der Waals surface area contributed by atoms with E-state index in [-0.39, 0.29) is 16.6 Å². The van der Waals surface area contributed by atoms with Gasteiger partial charge in [0.05, 0.1) is 10.4 Å². The summed E-state index contributed by atoms with van der Waals surface area (Å²) in [6.07, 6.45) is 0.854. The molecule has 11 heteroatoms. The van der Waals surface area contributed by atoms with Crippen molar-refractivity contribution in [1.82, 2.24) is 15.2 Å². The number of hydrogen-bond donors (Lipinski definition) is 1. The summed E-state index contributed by atoms with van der Waals surface area (Å²) in [5, 5.41) is 6.47. The van der Waals surface area contributed by atoms with Crippen molar-refractivity contribution in [3.63, 3.8) is 0 Å². The maximum Gasteiger partial charge on any atom is 0.435 e. The van der Waals surface area contributed by atoms with Crippen LogP contribution >= 0.6 is 0 Å². The summed E-state index contributed by atoms with van der Waals surface area (Å²) in [5.74, 6) is 0.510. The smallest absolute Gasteiger partial charge is 0.435 e. The van der Waals surface area contributed by atoms with Crippen LogP contribution in [0.3, 0.4) is 0 Å². The largest absolute Gasteiger partial charge is 0.490 e. The van der Waals surface area contributed by atoms with Crippen molar-refractivity contribution in [2.75, 3.05) is 24.2 Å². The molecule has 4 aromatic rings. The number of pyridine rings is 1. The number of aromatic nitrogens is 3. The van der Waals surface area contributed by atoms with Crippen LogP contribution in [0.5, 0.6) is 5.75 Å². The fraction of sp³-hybridized carbons (Fsp3) is 0.280. The lowest BCUT2D eigenvalue weighted by Crippen LogP contribution is -2.38. The van der Waals surface area contributed by atoms with Crippen LogP contribution in [0.4, 0.5) is 18.9 Å². The molecule has 1 N–H and O–H groups in total. The van der Waals surface area contributed by atoms with Gasteiger partial charge in [-0.3, -0.25) is 10.1 Å². The monoisotopic (exact) mass is 516 g/mol. The van der Waals surface area contributed by atoms with E-state index >= 15 is 0 Å². The lowest BCUT2D eigenvalue weighted by molar-refractivity contribution is -0.140. The van der Waals surface area contributed by atoms with Gasteiger partial charge in [-0.1, -0.05) is 12.1 Å². The summed E-state index contributed by atoms with van der Waals surface area (Å²) in [7, 11) is -3.33. The zero-order chi connectivity index (χ0) is 25.5. The van der Waals surface area contributed by atoms with Crippen molar-refractivity contribution in [2.45, 2.75) is 30.0 Å². The van der Waals surface area contributed by atoms with E-state index in [1.165, 1.54) is 18.3 Å². The molecule has 1 aliphatic heterocycles. The number of nitrogens with zero attached hydrogens (tertiary/aromatic N) is 3. The summed E-state index contributed by atoms with van der Waals surface area (Å²) in [6, 6.07) is 13.4. The van der Waals surface area contributed by atoms with E-state index in [0.717, 1.165) is 17.3 Å². The third-order valence-corrected chi connectivity index (χ3v) is 7.37. The van der Waals surface area contributed by atoms with E-state index in [9.17, 15) is 21.6 Å². The number of piperidine rings is 1. The summed E-state index contributed by atoms with van der Waals surface area (Å²) in [6.45, 7) is 1.33. The fourth-order valence-electron chi connectivity index (χ4n) is 4.49. The van der Waals surface area contributed by atoms with Gasteiger partial charge in [0.2, 0.25) is 0 Å². The van der Waals surface area contributed by atoms with Gasteiger partial charge in [-0.2, -0.15) is 18.3 Å². The maximum atomic E-state index is 13.4. The number of aromatic amines is 1. The number of benzene rings is 2. The van der Waals surface area contributed by atoms with E-state index in [1.807, 2.05) is 6.07 Å². The number of ether oxygens (including phenoxy) is 1. The first-order valence-corrected chi connectivity index (χ1v) is 13.2. The number of alkyl halides is 3. The molecule has 0 atom stereocenters. The van der Waals surface area contributed by atoms with Crippen LogP contribution in [0.1, 0.15) is 18.5 Å². The summed E-state index contributed by atoms with van der Waals surface area (Å²) >= 11 is 0. The van der Waals surface area contributed by atoms with Crippen LogP contribution in [-0.2, 0) is 16.0 Å². The quantitative estimate of drug-likeness (QED) is 0.397. The van der Waals surface area contributed by atoms with Crippen molar-refractivity contribution in [2.24, 2.45) is 0 Å². The van der Waals surface area contributed by atoms with Crippen molar-refractivity contribution in [1.29, 1.82) is 0 Å². The molecule has 1 aliphatic rings. The highest BCUT2D eigenvalue weighted by Crippen LogP contribution is 2.38. The zero-order valence-electron chi connectivity index (χ0n) is 19.3. The fourth-order valence-corrected chi connectivity index (χ4v) is 5.14. The highest BCUT2D eigenvalue weighted by molar-refractivity contribution is 7.90. The second kappa shape index (κ2) is 9.12.